The molecular formula is C34H29Br2ClN2O4S. The molecule has 0 aromatic heterocycles. The number of amides is 1. The minimum absolute atomic E-state index is 0.0834. The molecule has 44 heavy (non-hydrogen) atoms. The minimum atomic E-state index is -4.19. The van der Waals surface area contributed by atoms with Crippen LogP contribution in [-0.4, -0.2) is 30.5 Å². The molecule has 0 radical (unpaired) electrons. The van der Waals surface area contributed by atoms with E-state index >= 15 is 0 Å². The number of sulfonamides is 1. The minimum Gasteiger partial charge on any atom is -0.342 e. The molecule has 1 amide bonds. The zero-order valence-corrected chi connectivity index (χ0v) is 28.4. The molecule has 0 saturated heterocycles. The van der Waals surface area contributed by atoms with Crippen molar-refractivity contribution in [3.63, 3.8) is 0 Å². The number of halogens is 3. The van der Waals surface area contributed by atoms with Gasteiger partial charge >= 0.3 is 0 Å². The first-order valence-electron chi connectivity index (χ1n) is 13.9. The van der Waals surface area contributed by atoms with Gasteiger partial charge in [-0.2, -0.15) is 4.31 Å². The van der Waals surface area contributed by atoms with E-state index in [2.05, 4.69) is 37.2 Å². The summed E-state index contributed by atoms with van der Waals surface area (Å²) in [5.74, 6) is -0.708. The van der Waals surface area contributed by atoms with Crippen molar-refractivity contribution in [1.29, 1.82) is 0 Å². The molecule has 5 rings (SSSR count). The Kier molecular flexibility index (Phi) is 10.2. The first kappa shape index (κ1) is 32.3. The first-order valence-corrected chi connectivity index (χ1v) is 17.3. The molecule has 1 heterocycles. The summed E-state index contributed by atoms with van der Waals surface area (Å²) in [6.45, 7) is 1.44. The molecule has 0 bridgehead atoms. The maximum Gasteiger partial charge on any atom is 0.249 e. The lowest BCUT2D eigenvalue weighted by molar-refractivity contribution is -0.125. The second kappa shape index (κ2) is 13.9. The monoisotopic (exact) mass is 754 g/mol. The number of hydrogen-bond acceptors (Lipinski definition) is 4. The summed E-state index contributed by atoms with van der Waals surface area (Å²) in [5.41, 5.74) is 2.42. The zero-order chi connectivity index (χ0) is 31.4. The highest BCUT2D eigenvalue weighted by atomic mass is 79.9. The van der Waals surface area contributed by atoms with Gasteiger partial charge in [0.1, 0.15) is 0 Å². The predicted octanol–water partition coefficient (Wildman–Crippen LogP) is 7.98. The summed E-state index contributed by atoms with van der Waals surface area (Å²) in [4.78, 5) is 26.9. The van der Waals surface area contributed by atoms with Gasteiger partial charge in [0.25, 0.3) is 0 Å². The van der Waals surface area contributed by atoms with Gasteiger partial charge < -0.3 is 5.32 Å². The number of nitrogens with one attached hydrogen (secondary N) is 1. The molecule has 226 valence electrons. The van der Waals surface area contributed by atoms with E-state index in [0.29, 0.717) is 22.6 Å². The van der Waals surface area contributed by atoms with E-state index in [9.17, 15) is 18.0 Å². The third-order valence-electron chi connectivity index (χ3n) is 7.55. The summed E-state index contributed by atoms with van der Waals surface area (Å²) < 4.78 is 32.1. The number of nitrogens with zero attached hydrogens (tertiary/aromatic N) is 1. The number of rotatable bonds is 9. The molecule has 1 N–H and O–H groups in total. The highest BCUT2D eigenvalue weighted by molar-refractivity contribution is 9.10. The van der Waals surface area contributed by atoms with Gasteiger partial charge in [0.05, 0.1) is 23.0 Å². The Morgan fingerprint density at radius 1 is 0.886 bits per heavy atom. The number of carbonyl (C=O) groups is 2. The van der Waals surface area contributed by atoms with Crippen molar-refractivity contribution in [2.75, 3.05) is 0 Å². The van der Waals surface area contributed by atoms with Crippen molar-refractivity contribution in [2.45, 2.75) is 42.8 Å². The lowest BCUT2D eigenvalue weighted by Crippen LogP contribution is -2.47. The van der Waals surface area contributed by atoms with Gasteiger partial charge in [-0.15, -0.1) is 0 Å². The van der Waals surface area contributed by atoms with Crippen molar-refractivity contribution in [3.8, 4) is 0 Å². The van der Waals surface area contributed by atoms with Gasteiger partial charge in [-0.1, -0.05) is 104 Å². The summed E-state index contributed by atoms with van der Waals surface area (Å²) in [6, 6.07) is 27.7. The van der Waals surface area contributed by atoms with E-state index in [1.165, 1.54) is 23.4 Å². The van der Waals surface area contributed by atoms with Crippen LogP contribution in [0.4, 0.5) is 0 Å². The second-order valence-corrected chi connectivity index (χ2v) is 14.6. The Morgan fingerprint density at radius 2 is 1.57 bits per heavy atom. The molecule has 3 atom stereocenters. The van der Waals surface area contributed by atoms with Crippen LogP contribution < -0.4 is 5.32 Å². The van der Waals surface area contributed by atoms with Gasteiger partial charge in [0.2, 0.25) is 15.9 Å². The van der Waals surface area contributed by atoms with E-state index in [0.717, 1.165) is 14.5 Å². The molecule has 4 aromatic carbocycles. The fraction of sp³-hybridized carbons (Fsp3) is 0.176. The Hall–Kier alpha value is -3.08. The zero-order valence-electron chi connectivity index (χ0n) is 23.7. The molecule has 10 heteroatoms. The van der Waals surface area contributed by atoms with Gasteiger partial charge in [0, 0.05) is 19.5 Å². The maximum absolute atomic E-state index is 14.6. The number of benzene rings is 4. The standard InChI is InChI=1S/C34H29Br2ClN2O4S/c1-22(40)31(19-23-7-3-2-4-8-23)38-34(41)30-17-18-32(24-9-6-12-28(37)21-24)39(33(30)25-10-5-11-27(36)20-25)44(42,43)29-15-13-26(35)14-16-29/h2-17,20-21,31-33H,18-19H2,1H3,(H,38,41)/t31-,32?,33-/m0/s1. The first-order chi connectivity index (χ1) is 21.0. The molecule has 4 aromatic rings. The van der Waals surface area contributed by atoms with Gasteiger partial charge in [-0.25, -0.2) is 8.42 Å². The van der Waals surface area contributed by atoms with Crippen LogP contribution in [-0.2, 0) is 26.0 Å². The maximum atomic E-state index is 14.6. The van der Waals surface area contributed by atoms with Crippen molar-refractivity contribution in [2.24, 2.45) is 0 Å². The molecule has 0 spiro atoms. The quantitative estimate of drug-likeness (QED) is 0.188. The molecule has 0 fully saturated rings. The fourth-order valence-corrected chi connectivity index (χ4v) is 8.07. The van der Waals surface area contributed by atoms with E-state index in [1.54, 1.807) is 48.5 Å². The summed E-state index contributed by atoms with van der Waals surface area (Å²) in [6.07, 6.45) is 2.30. The van der Waals surface area contributed by atoms with Crippen LogP contribution in [0.5, 0.6) is 0 Å². The van der Waals surface area contributed by atoms with Crippen molar-refractivity contribution >= 4 is 65.2 Å². The normalized spacial score (nSPS) is 17.9. The third-order valence-corrected chi connectivity index (χ3v) is 10.7. The molecular weight excluding hydrogens is 728 g/mol. The van der Waals surface area contributed by atoms with Crippen LogP contribution >= 0.6 is 43.5 Å². The number of carbonyl (C=O) groups excluding carboxylic acids is 2. The van der Waals surface area contributed by atoms with Crippen LogP contribution in [0.25, 0.3) is 0 Å². The van der Waals surface area contributed by atoms with E-state index in [1.807, 2.05) is 48.5 Å². The van der Waals surface area contributed by atoms with Crippen molar-refractivity contribution in [3.05, 3.63) is 145 Å². The molecule has 0 saturated carbocycles. The van der Waals surface area contributed by atoms with Gasteiger partial charge in [0.15, 0.2) is 5.78 Å². The highest BCUT2D eigenvalue weighted by Crippen LogP contribution is 2.46. The van der Waals surface area contributed by atoms with Crippen LogP contribution in [0, 0.1) is 0 Å². The Morgan fingerprint density at radius 3 is 2.23 bits per heavy atom. The molecule has 1 aliphatic heterocycles. The molecule has 1 unspecified atom stereocenters. The molecule has 1 aliphatic rings. The average Bonchev–Trinajstić information content (AvgIpc) is 3.00. The largest absolute Gasteiger partial charge is 0.342 e. The lowest BCUT2D eigenvalue weighted by atomic mass is 9.88. The van der Waals surface area contributed by atoms with Crippen LogP contribution in [0.15, 0.2) is 129 Å². The summed E-state index contributed by atoms with van der Waals surface area (Å²) >= 11 is 13.3. The van der Waals surface area contributed by atoms with E-state index < -0.39 is 34.1 Å². The topological polar surface area (TPSA) is 83.6 Å². The SMILES string of the molecule is CC(=O)[C@H](Cc1ccccc1)NC(=O)C1=CCC(c2cccc(Cl)c2)N(S(=O)(=O)c2ccc(Br)cc2)[C@H]1c1cccc(Br)c1. The van der Waals surface area contributed by atoms with Gasteiger partial charge in [-0.3, -0.25) is 9.59 Å². The Labute approximate surface area is 279 Å². The van der Waals surface area contributed by atoms with Crippen LogP contribution in [0.1, 0.15) is 42.1 Å². The average molecular weight is 757 g/mol. The summed E-state index contributed by atoms with van der Waals surface area (Å²) in [5, 5.41) is 3.39. The van der Waals surface area contributed by atoms with Crippen LogP contribution in [0.2, 0.25) is 5.02 Å². The number of hydrogen-bond donors (Lipinski definition) is 1. The van der Waals surface area contributed by atoms with Gasteiger partial charge in [-0.05, 0) is 85.0 Å². The van der Waals surface area contributed by atoms with E-state index in [4.69, 9.17) is 11.6 Å². The smallest absolute Gasteiger partial charge is 0.249 e. The lowest BCUT2D eigenvalue weighted by Gasteiger charge is -2.41. The second-order valence-electron chi connectivity index (χ2n) is 10.5. The predicted molar refractivity (Wildman–Crippen MR) is 180 cm³/mol. The van der Waals surface area contributed by atoms with Crippen molar-refractivity contribution < 1.29 is 18.0 Å². The van der Waals surface area contributed by atoms with Crippen LogP contribution in [0.3, 0.4) is 0 Å². The fourth-order valence-electron chi connectivity index (χ4n) is 5.41. The summed E-state index contributed by atoms with van der Waals surface area (Å²) in [7, 11) is -4.19. The third kappa shape index (κ3) is 7.24. The Balaban J connectivity index is 1.65. The Bertz CT molecular complexity index is 1810. The molecule has 0 aliphatic carbocycles. The highest BCUT2D eigenvalue weighted by Gasteiger charge is 2.45. The molecule has 6 nitrogen and oxygen atoms in total. The number of Topliss-reactive ketones (excluding diaryl/α,β-unsaturated/α-hetero) is 1. The van der Waals surface area contributed by atoms with Crippen molar-refractivity contribution in [1.82, 2.24) is 9.62 Å². The number of ketones is 1. The van der Waals surface area contributed by atoms with E-state index in [-0.39, 0.29) is 22.7 Å².